The molecule has 0 bridgehead atoms. The standard InChI is InChI=1S/C14H27N/c1-4-14-13(9-11(3)15-14)12-7-5-6-10(2)8-12/h10-15H,4-9H2,1-3H3. The third kappa shape index (κ3) is 2.55. The summed E-state index contributed by atoms with van der Waals surface area (Å²) >= 11 is 0. The van der Waals surface area contributed by atoms with Crippen molar-refractivity contribution in [2.45, 2.75) is 71.4 Å². The lowest BCUT2D eigenvalue weighted by Gasteiger charge is -2.33. The average molecular weight is 209 g/mol. The van der Waals surface area contributed by atoms with E-state index in [1.165, 1.54) is 38.5 Å². The molecule has 1 aliphatic heterocycles. The Morgan fingerprint density at radius 2 is 1.93 bits per heavy atom. The van der Waals surface area contributed by atoms with Gasteiger partial charge in [-0.05, 0) is 43.9 Å². The minimum Gasteiger partial charge on any atom is -0.311 e. The van der Waals surface area contributed by atoms with Crippen LogP contribution in [0.2, 0.25) is 0 Å². The molecule has 2 fully saturated rings. The fourth-order valence-electron chi connectivity index (χ4n) is 3.94. The number of hydrogen-bond acceptors (Lipinski definition) is 1. The highest BCUT2D eigenvalue weighted by atomic mass is 15.0. The zero-order valence-corrected chi connectivity index (χ0v) is 10.6. The zero-order valence-electron chi connectivity index (χ0n) is 10.6. The van der Waals surface area contributed by atoms with Gasteiger partial charge in [0, 0.05) is 12.1 Å². The van der Waals surface area contributed by atoms with E-state index in [1.54, 1.807) is 0 Å². The third-order valence-electron chi connectivity index (χ3n) is 4.66. The van der Waals surface area contributed by atoms with Crippen LogP contribution in [0, 0.1) is 17.8 Å². The van der Waals surface area contributed by atoms with E-state index >= 15 is 0 Å². The highest BCUT2D eigenvalue weighted by Gasteiger charge is 2.36. The van der Waals surface area contributed by atoms with Crippen LogP contribution in [0.15, 0.2) is 0 Å². The van der Waals surface area contributed by atoms with E-state index in [0.717, 1.165) is 29.8 Å². The first-order valence-corrected chi connectivity index (χ1v) is 6.96. The van der Waals surface area contributed by atoms with Gasteiger partial charge in [-0.3, -0.25) is 0 Å². The maximum Gasteiger partial charge on any atom is 0.00984 e. The van der Waals surface area contributed by atoms with Crippen molar-refractivity contribution in [2.75, 3.05) is 0 Å². The van der Waals surface area contributed by atoms with Gasteiger partial charge in [-0.2, -0.15) is 0 Å². The molecule has 2 aliphatic rings. The molecule has 1 heteroatoms. The van der Waals surface area contributed by atoms with Crippen molar-refractivity contribution in [2.24, 2.45) is 17.8 Å². The van der Waals surface area contributed by atoms with Crippen LogP contribution in [-0.4, -0.2) is 12.1 Å². The molecule has 2 rings (SSSR count). The van der Waals surface area contributed by atoms with Crippen LogP contribution in [-0.2, 0) is 0 Å². The highest BCUT2D eigenvalue weighted by Crippen LogP contribution is 2.39. The molecule has 0 amide bonds. The first-order chi connectivity index (χ1) is 7.20. The Bertz CT molecular complexity index is 202. The van der Waals surface area contributed by atoms with Crippen LogP contribution in [0.3, 0.4) is 0 Å². The molecule has 0 aromatic heterocycles. The van der Waals surface area contributed by atoms with Crippen molar-refractivity contribution in [1.82, 2.24) is 5.32 Å². The summed E-state index contributed by atoms with van der Waals surface area (Å²) in [7, 11) is 0. The van der Waals surface area contributed by atoms with Gasteiger partial charge in [0.25, 0.3) is 0 Å². The van der Waals surface area contributed by atoms with Crippen LogP contribution in [0.25, 0.3) is 0 Å². The minimum absolute atomic E-state index is 0.761. The van der Waals surface area contributed by atoms with Crippen LogP contribution < -0.4 is 5.32 Å². The second-order valence-electron chi connectivity index (χ2n) is 6.01. The van der Waals surface area contributed by atoms with E-state index in [4.69, 9.17) is 0 Å². The normalized spacial score (nSPS) is 47.0. The van der Waals surface area contributed by atoms with Crippen molar-refractivity contribution in [3.63, 3.8) is 0 Å². The fourth-order valence-corrected chi connectivity index (χ4v) is 3.94. The number of nitrogens with one attached hydrogen (secondary N) is 1. The van der Waals surface area contributed by atoms with Crippen molar-refractivity contribution in [3.05, 3.63) is 0 Å². The van der Waals surface area contributed by atoms with E-state index in [2.05, 4.69) is 26.1 Å². The van der Waals surface area contributed by atoms with Gasteiger partial charge in [-0.1, -0.05) is 33.1 Å². The average Bonchev–Trinajstić information content (AvgIpc) is 2.59. The summed E-state index contributed by atoms with van der Waals surface area (Å²) < 4.78 is 0. The third-order valence-corrected chi connectivity index (χ3v) is 4.66. The van der Waals surface area contributed by atoms with E-state index in [9.17, 15) is 0 Å². The molecule has 1 N–H and O–H groups in total. The topological polar surface area (TPSA) is 12.0 Å². The second kappa shape index (κ2) is 4.86. The SMILES string of the molecule is CCC1NC(C)CC1C1CCCC(C)C1. The van der Waals surface area contributed by atoms with E-state index < -0.39 is 0 Å². The summed E-state index contributed by atoms with van der Waals surface area (Å²) in [5, 5.41) is 3.77. The fraction of sp³-hybridized carbons (Fsp3) is 1.00. The smallest absolute Gasteiger partial charge is 0.00984 e. The highest BCUT2D eigenvalue weighted by molar-refractivity contribution is 4.92. The molecule has 1 aliphatic carbocycles. The summed E-state index contributed by atoms with van der Waals surface area (Å²) in [6.45, 7) is 7.14. The Labute approximate surface area is 95.0 Å². The largest absolute Gasteiger partial charge is 0.311 e. The van der Waals surface area contributed by atoms with Crippen LogP contribution in [0.5, 0.6) is 0 Å². The van der Waals surface area contributed by atoms with Gasteiger partial charge >= 0.3 is 0 Å². The first kappa shape index (κ1) is 11.4. The zero-order chi connectivity index (χ0) is 10.8. The maximum atomic E-state index is 3.77. The predicted octanol–water partition coefficient (Wildman–Crippen LogP) is 3.59. The summed E-state index contributed by atoms with van der Waals surface area (Å²) in [6.07, 6.45) is 8.70. The quantitative estimate of drug-likeness (QED) is 0.733. The summed E-state index contributed by atoms with van der Waals surface area (Å²) in [5.41, 5.74) is 0. The molecule has 0 radical (unpaired) electrons. The van der Waals surface area contributed by atoms with Crippen molar-refractivity contribution in [3.8, 4) is 0 Å². The van der Waals surface area contributed by atoms with Gasteiger partial charge < -0.3 is 5.32 Å². The molecule has 0 aromatic rings. The van der Waals surface area contributed by atoms with Gasteiger partial charge in [0.15, 0.2) is 0 Å². The second-order valence-corrected chi connectivity index (χ2v) is 6.01. The lowest BCUT2D eigenvalue weighted by Crippen LogP contribution is -2.33. The minimum atomic E-state index is 0.761. The van der Waals surface area contributed by atoms with E-state index in [0.29, 0.717) is 0 Å². The monoisotopic (exact) mass is 209 g/mol. The molecular formula is C14H27N. The summed E-state index contributed by atoms with van der Waals surface area (Å²) in [4.78, 5) is 0. The van der Waals surface area contributed by atoms with Gasteiger partial charge in [0.2, 0.25) is 0 Å². The summed E-state index contributed by atoms with van der Waals surface area (Å²) in [6, 6.07) is 1.58. The molecule has 15 heavy (non-hydrogen) atoms. The van der Waals surface area contributed by atoms with Gasteiger partial charge in [0.1, 0.15) is 0 Å². The first-order valence-electron chi connectivity index (χ1n) is 6.96. The lowest BCUT2D eigenvalue weighted by atomic mass is 9.72. The molecule has 1 saturated carbocycles. The Morgan fingerprint density at radius 3 is 2.60 bits per heavy atom. The molecule has 5 unspecified atom stereocenters. The van der Waals surface area contributed by atoms with E-state index in [1.807, 2.05) is 0 Å². The summed E-state index contributed by atoms with van der Waals surface area (Å²) in [5.74, 6) is 2.99. The molecule has 0 spiro atoms. The van der Waals surface area contributed by atoms with Crippen molar-refractivity contribution in [1.29, 1.82) is 0 Å². The lowest BCUT2D eigenvalue weighted by molar-refractivity contribution is 0.188. The van der Waals surface area contributed by atoms with Gasteiger partial charge in [-0.15, -0.1) is 0 Å². The Morgan fingerprint density at radius 1 is 1.13 bits per heavy atom. The number of hydrogen-bond donors (Lipinski definition) is 1. The molecule has 1 nitrogen and oxygen atoms in total. The van der Waals surface area contributed by atoms with Crippen molar-refractivity contribution < 1.29 is 0 Å². The van der Waals surface area contributed by atoms with Gasteiger partial charge in [0.05, 0.1) is 0 Å². The predicted molar refractivity (Wildman–Crippen MR) is 65.9 cm³/mol. The Kier molecular flexibility index (Phi) is 3.71. The molecule has 1 heterocycles. The Balaban J connectivity index is 1.96. The number of rotatable bonds is 2. The Hall–Kier alpha value is -0.0400. The van der Waals surface area contributed by atoms with Crippen molar-refractivity contribution >= 4 is 0 Å². The molecule has 88 valence electrons. The van der Waals surface area contributed by atoms with Gasteiger partial charge in [-0.25, -0.2) is 0 Å². The molecule has 0 aromatic carbocycles. The van der Waals surface area contributed by atoms with E-state index in [-0.39, 0.29) is 0 Å². The maximum absolute atomic E-state index is 3.77. The molecular weight excluding hydrogens is 182 g/mol. The van der Waals surface area contributed by atoms with Crippen LogP contribution in [0.4, 0.5) is 0 Å². The molecule has 5 atom stereocenters. The molecule has 1 saturated heterocycles. The van der Waals surface area contributed by atoms with Crippen LogP contribution in [0.1, 0.15) is 59.3 Å². The van der Waals surface area contributed by atoms with Crippen LogP contribution >= 0.6 is 0 Å².